The average molecular weight is 466 g/mol. The second-order valence-corrected chi connectivity index (χ2v) is 6.91. The Kier molecular flexibility index (Phi) is 7.75. The van der Waals surface area contributed by atoms with Crippen LogP contribution < -0.4 is 10.6 Å². The van der Waals surface area contributed by atoms with Gasteiger partial charge in [-0.2, -0.15) is 13.2 Å². The molecule has 0 saturated carbocycles. The summed E-state index contributed by atoms with van der Waals surface area (Å²) in [4.78, 5) is 17.7. The van der Waals surface area contributed by atoms with Gasteiger partial charge in [-0.1, -0.05) is 0 Å². The van der Waals surface area contributed by atoms with E-state index < -0.39 is 5.51 Å². The molecule has 5 nitrogen and oxygen atoms in total. The Morgan fingerprint density at radius 3 is 2.83 bits per heavy atom. The Labute approximate surface area is 155 Å². The highest BCUT2D eigenvalue weighted by molar-refractivity contribution is 14.0. The summed E-state index contributed by atoms with van der Waals surface area (Å²) in [6.45, 7) is 2.39. The van der Waals surface area contributed by atoms with Crippen molar-refractivity contribution in [2.75, 3.05) is 39.0 Å². The normalized spacial score (nSPS) is 25.3. The van der Waals surface area contributed by atoms with E-state index in [2.05, 4.69) is 15.6 Å². The molecule has 2 rings (SSSR count). The lowest BCUT2D eigenvalue weighted by atomic mass is 9.79. The number of piperidine rings is 1. The van der Waals surface area contributed by atoms with Crippen LogP contribution in [0.25, 0.3) is 0 Å². The summed E-state index contributed by atoms with van der Waals surface area (Å²) in [7, 11) is 1.62. The Morgan fingerprint density at radius 2 is 2.26 bits per heavy atom. The minimum absolute atomic E-state index is 0. The molecule has 2 aliphatic heterocycles. The summed E-state index contributed by atoms with van der Waals surface area (Å²) >= 11 is -0.0389. The van der Waals surface area contributed by atoms with Crippen LogP contribution in [0.4, 0.5) is 13.2 Å². The molecule has 0 radical (unpaired) electrons. The van der Waals surface area contributed by atoms with E-state index in [9.17, 15) is 18.0 Å². The van der Waals surface area contributed by atoms with Crippen molar-refractivity contribution in [3.05, 3.63) is 0 Å². The van der Waals surface area contributed by atoms with Crippen LogP contribution in [0.2, 0.25) is 0 Å². The lowest BCUT2D eigenvalue weighted by Gasteiger charge is -2.40. The maximum absolute atomic E-state index is 12.1. The maximum Gasteiger partial charge on any atom is 0.441 e. The molecule has 2 aliphatic rings. The first-order chi connectivity index (χ1) is 10.3. The van der Waals surface area contributed by atoms with Gasteiger partial charge in [0.15, 0.2) is 5.96 Å². The number of alkyl halides is 3. The molecular weight excluding hydrogens is 444 g/mol. The highest BCUT2D eigenvalue weighted by Crippen LogP contribution is 2.36. The van der Waals surface area contributed by atoms with Crippen LogP contribution in [-0.2, 0) is 4.79 Å². The van der Waals surface area contributed by atoms with Crippen molar-refractivity contribution in [1.82, 2.24) is 15.5 Å². The number of halogens is 4. The second kappa shape index (κ2) is 8.63. The van der Waals surface area contributed by atoms with Gasteiger partial charge >= 0.3 is 5.51 Å². The third-order valence-electron chi connectivity index (χ3n) is 4.02. The fourth-order valence-corrected chi connectivity index (χ4v) is 3.53. The Bertz CT molecular complexity index is 449. The molecule has 0 aromatic heterocycles. The summed E-state index contributed by atoms with van der Waals surface area (Å²) in [5.74, 6) is 0.634. The van der Waals surface area contributed by atoms with Crippen LogP contribution in [0.5, 0.6) is 0 Å². The molecule has 1 spiro atoms. The van der Waals surface area contributed by atoms with Gasteiger partial charge in [-0.15, -0.1) is 24.0 Å². The largest absolute Gasteiger partial charge is 0.441 e. The van der Waals surface area contributed by atoms with Crippen LogP contribution in [0.1, 0.15) is 19.3 Å². The van der Waals surface area contributed by atoms with Crippen LogP contribution in [-0.4, -0.2) is 61.3 Å². The van der Waals surface area contributed by atoms with Gasteiger partial charge in [0.1, 0.15) is 0 Å². The van der Waals surface area contributed by atoms with Crippen molar-refractivity contribution >= 4 is 47.6 Å². The minimum Gasteiger partial charge on any atom is -0.355 e. The number of hydrogen-bond donors (Lipinski definition) is 2. The van der Waals surface area contributed by atoms with Crippen LogP contribution in [0, 0.1) is 5.41 Å². The summed E-state index contributed by atoms with van der Waals surface area (Å²) in [6, 6.07) is 0. The van der Waals surface area contributed by atoms with Gasteiger partial charge < -0.3 is 15.5 Å². The number of carbonyl (C=O) groups is 1. The smallest absolute Gasteiger partial charge is 0.355 e. The fourth-order valence-electron chi connectivity index (χ4n) is 3.09. The third-order valence-corrected chi connectivity index (χ3v) is 4.76. The molecule has 10 heteroatoms. The van der Waals surface area contributed by atoms with Crippen molar-refractivity contribution in [3.63, 3.8) is 0 Å². The van der Waals surface area contributed by atoms with E-state index in [0.29, 0.717) is 25.5 Å². The van der Waals surface area contributed by atoms with Gasteiger partial charge in [-0.05, 0) is 24.6 Å². The predicted molar refractivity (Wildman–Crippen MR) is 96.2 cm³/mol. The number of guanidine groups is 1. The van der Waals surface area contributed by atoms with E-state index in [1.165, 1.54) is 0 Å². The van der Waals surface area contributed by atoms with Crippen molar-refractivity contribution in [2.24, 2.45) is 10.4 Å². The minimum atomic E-state index is -4.20. The molecular formula is C13H22F3IN4OS. The number of aliphatic imine (C=N–C) groups is 1. The topological polar surface area (TPSA) is 56.7 Å². The zero-order valence-electron chi connectivity index (χ0n) is 12.9. The lowest BCUT2D eigenvalue weighted by Crippen LogP contribution is -2.51. The SMILES string of the molecule is CN=C(NCCSC(F)(F)F)N1CCCC2(CNC(=O)C2)C1.I. The van der Waals surface area contributed by atoms with E-state index in [-0.39, 0.29) is 59.4 Å². The fraction of sp³-hybridized carbons (Fsp3) is 0.846. The third kappa shape index (κ3) is 6.20. The summed E-state index contributed by atoms with van der Waals surface area (Å²) in [5.41, 5.74) is -4.26. The van der Waals surface area contributed by atoms with Crippen molar-refractivity contribution < 1.29 is 18.0 Å². The highest BCUT2D eigenvalue weighted by atomic mass is 127. The highest BCUT2D eigenvalue weighted by Gasteiger charge is 2.42. The summed E-state index contributed by atoms with van der Waals surface area (Å²) < 4.78 is 36.3. The molecule has 2 fully saturated rings. The zero-order chi connectivity index (χ0) is 16.2. The van der Waals surface area contributed by atoms with Crippen LogP contribution in [0.15, 0.2) is 4.99 Å². The Hall–Kier alpha value is -0.390. The molecule has 1 amide bonds. The summed E-state index contributed by atoms with van der Waals surface area (Å²) in [5, 5.41) is 5.85. The molecule has 0 aromatic carbocycles. The molecule has 2 heterocycles. The van der Waals surface area contributed by atoms with Crippen molar-refractivity contribution in [3.8, 4) is 0 Å². The van der Waals surface area contributed by atoms with Crippen LogP contribution in [0.3, 0.4) is 0 Å². The number of nitrogens with one attached hydrogen (secondary N) is 2. The number of rotatable bonds is 3. The van der Waals surface area contributed by atoms with Gasteiger partial charge in [-0.25, -0.2) is 0 Å². The van der Waals surface area contributed by atoms with E-state index in [1.807, 2.05) is 4.90 Å². The van der Waals surface area contributed by atoms with Gasteiger partial charge in [-0.3, -0.25) is 9.79 Å². The molecule has 1 atom stereocenters. The number of amides is 1. The van der Waals surface area contributed by atoms with Gasteiger partial charge in [0.05, 0.1) is 0 Å². The van der Waals surface area contributed by atoms with Gasteiger partial charge in [0.25, 0.3) is 0 Å². The maximum atomic E-state index is 12.1. The molecule has 0 aliphatic carbocycles. The summed E-state index contributed by atoms with van der Waals surface area (Å²) in [6.07, 6.45) is 2.46. The van der Waals surface area contributed by atoms with E-state index in [0.717, 1.165) is 19.4 Å². The van der Waals surface area contributed by atoms with Gasteiger partial charge in [0, 0.05) is 50.8 Å². The molecule has 1 unspecified atom stereocenters. The average Bonchev–Trinajstić information content (AvgIpc) is 2.78. The van der Waals surface area contributed by atoms with Crippen molar-refractivity contribution in [2.45, 2.75) is 24.8 Å². The molecule has 2 saturated heterocycles. The first kappa shape index (κ1) is 20.7. The van der Waals surface area contributed by atoms with E-state index >= 15 is 0 Å². The Morgan fingerprint density at radius 1 is 1.52 bits per heavy atom. The van der Waals surface area contributed by atoms with Crippen molar-refractivity contribution in [1.29, 1.82) is 0 Å². The first-order valence-corrected chi connectivity index (χ1v) is 8.25. The van der Waals surface area contributed by atoms with E-state index in [4.69, 9.17) is 0 Å². The lowest BCUT2D eigenvalue weighted by molar-refractivity contribution is -0.119. The zero-order valence-corrected chi connectivity index (χ0v) is 16.1. The number of carbonyl (C=O) groups excluding carboxylic acids is 1. The van der Waals surface area contributed by atoms with Gasteiger partial charge in [0.2, 0.25) is 5.91 Å². The number of hydrogen-bond acceptors (Lipinski definition) is 3. The second-order valence-electron chi connectivity index (χ2n) is 5.75. The molecule has 2 N–H and O–H groups in total. The standard InChI is InChI=1S/C13H21F3N4OS.HI/c1-17-11(18-4-6-22-13(14,15)16)20-5-2-3-12(9-20)7-10(21)19-8-12;/h2-9H2,1H3,(H,17,18)(H,19,21);1H. The first-order valence-electron chi connectivity index (χ1n) is 7.27. The number of nitrogens with zero attached hydrogens (tertiary/aromatic N) is 2. The molecule has 134 valence electrons. The predicted octanol–water partition coefficient (Wildman–Crippen LogP) is 2.03. The number of thioether (sulfide) groups is 1. The molecule has 23 heavy (non-hydrogen) atoms. The quantitative estimate of drug-likeness (QED) is 0.290. The van der Waals surface area contributed by atoms with Crippen LogP contribution >= 0.6 is 35.7 Å². The monoisotopic (exact) mass is 466 g/mol. The number of likely N-dealkylation sites (tertiary alicyclic amines) is 1. The molecule has 0 aromatic rings. The Balaban J connectivity index is 0.00000264. The van der Waals surface area contributed by atoms with E-state index in [1.54, 1.807) is 7.05 Å². The molecule has 0 bridgehead atoms.